The van der Waals surface area contributed by atoms with Gasteiger partial charge in [-0.05, 0) is 12.0 Å². The van der Waals surface area contributed by atoms with E-state index in [2.05, 4.69) is 20.6 Å². The normalized spacial score (nSPS) is 11.5. The maximum absolute atomic E-state index is 12.2. The van der Waals surface area contributed by atoms with Gasteiger partial charge in [0.2, 0.25) is 5.91 Å². The van der Waals surface area contributed by atoms with Crippen molar-refractivity contribution < 1.29 is 9.59 Å². The topological polar surface area (TPSA) is 84.0 Å². The lowest BCUT2D eigenvalue weighted by atomic mass is 10.0. The Morgan fingerprint density at radius 2 is 1.95 bits per heavy atom. The number of amides is 2. The number of nitrogens with one attached hydrogen (secondary N) is 2. The maximum atomic E-state index is 12.2. The molecule has 0 unspecified atom stereocenters. The molecule has 0 aliphatic carbocycles. The number of hydrogen-bond donors (Lipinski definition) is 2. The van der Waals surface area contributed by atoms with Gasteiger partial charge in [-0.2, -0.15) is 0 Å². The Labute approximate surface area is 129 Å². The summed E-state index contributed by atoms with van der Waals surface area (Å²) in [7, 11) is 1.84. The molecule has 0 aliphatic rings. The SMILES string of the molecule is BCNC(=O)[C@H](Cc1ccccc1)NC(=O)c1cnccn1. The molecule has 0 fully saturated rings. The second-order valence-electron chi connectivity index (χ2n) is 4.70. The van der Waals surface area contributed by atoms with Crippen molar-refractivity contribution in [3.63, 3.8) is 0 Å². The molecular formula is C15H17BN4O2. The summed E-state index contributed by atoms with van der Waals surface area (Å²) in [5.41, 5.74) is 1.16. The fourth-order valence-electron chi connectivity index (χ4n) is 2.01. The third kappa shape index (κ3) is 4.41. The molecule has 0 saturated carbocycles. The van der Waals surface area contributed by atoms with Gasteiger partial charge in [0.05, 0.1) is 6.20 Å². The molecule has 0 saturated heterocycles. The maximum Gasteiger partial charge on any atom is 0.272 e. The van der Waals surface area contributed by atoms with E-state index in [4.69, 9.17) is 0 Å². The van der Waals surface area contributed by atoms with Crippen LogP contribution >= 0.6 is 0 Å². The van der Waals surface area contributed by atoms with Crippen LogP contribution in [0.4, 0.5) is 0 Å². The molecule has 0 spiro atoms. The third-order valence-corrected chi connectivity index (χ3v) is 3.05. The number of carbonyl (C=O) groups excluding carboxylic acids is 2. The Bertz CT molecular complexity index is 622. The van der Waals surface area contributed by atoms with Gasteiger partial charge < -0.3 is 10.6 Å². The largest absolute Gasteiger partial charge is 0.363 e. The summed E-state index contributed by atoms with van der Waals surface area (Å²) in [6.07, 6.45) is 5.21. The molecule has 2 rings (SSSR count). The number of benzene rings is 1. The summed E-state index contributed by atoms with van der Waals surface area (Å²) in [6, 6.07) is 8.88. The van der Waals surface area contributed by atoms with Gasteiger partial charge in [-0.15, -0.1) is 0 Å². The van der Waals surface area contributed by atoms with Crippen LogP contribution < -0.4 is 10.6 Å². The first-order valence-electron chi connectivity index (χ1n) is 7.09. The highest BCUT2D eigenvalue weighted by molar-refractivity contribution is 6.10. The van der Waals surface area contributed by atoms with Crippen LogP contribution in [0.5, 0.6) is 0 Å². The summed E-state index contributed by atoms with van der Waals surface area (Å²) in [6.45, 7) is 0. The monoisotopic (exact) mass is 296 g/mol. The van der Waals surface area contributed by atoms with Gasteiger partial charge >= 0.3 is 0 Å². The van der Waals surface area contributed by atoms with Gasteiger partial charge in [-0.25, -0.2) is 4.98 Å². The Morgan fingerprint density at radius 1 is 1.18 bits per heavy atom. The second-order valence-corrected chi connectivity index (χ2v) is 4.70. The lowest BCUT2D eigenvalue weighted by Crippen LogP contribution is -2.48. The van der Waals surface area contributed by atoms with E-state index in [9.17, 15) is 9.59 Å². The van der Waals surface area contributed by atoms with Crippen LogP contribution in [0.2, 0.25) is 0 Å². The summed E-state index contributed by atoms with van der Waals surface area (Å²) < 4.78 is 0. The molecule has 22 heavy (non-hydrogen) atoms. The van der Waals surface area contributed by atoms with Gasteiger partial charge in [0.25, 0.3) is 5.91 Å². The van der Waals surface area contributed by atoms with E-state index in [-0.39, 0.29) is 11.6 Å². The van der Waals surface area contributed by atoms with Crippen LogP contribution in [0.25, 0.3) is 0 Å². The van der Waals surface area contributed by atoms with Crippen LogP contribution in [0.15, 0.2) is 48.9 Å². The van der Waals surface area contributed by atoms with E-state index in [0.29, 0.717) is 12.9 Å². The van der Waals surface area contributed by atoms with Gasteiger partial charge in [-0.3, -0.25) is 14.6 Å². The van der Waals surface area contributed by atoms with E-state index in [1.807, 2.05) is 38.2 Å². The van der Waals surface area contributed by atoms with E-state index in [1.165, 1.54) is 18.6 Å². The van der Waals surface area contributed by atoms with Crippen molar-refractivity contribution in [3.05, 3.63) is 60.2 Å². The average Bonchev–Trinajstić information content (AvgIpc) is 2.56. The van der Waals surface area contributed by atoms with E-state index in [1.54, 1.807) is 0 Å². The summed E-state index contributed by atoms with van der Waals surface area (Å²) >= 11 is 0. The Hall–Kier alpha value is -2.70. The van der Waals surface area contributed by atoms with Gasteiger partial charge in [0.1, 0.15) is 19.6 Å². The predicted octanol–water partition coefficient (Wildman–Crippen LogP) is -0.476. The molecule has 7 heteroatoms. The zero-order valence-electron chi connectivity index (χ0n) is 12.3. The minimum Gasteiger partial charge on any atom is -0.363 e. The second kappa shape index (κ2) is 7.92. The molecule has 2 aromatic rings. The number of aromatic nitrogens is 2. The Balaban J connectivity index is 2.11. The molecule has 2 N–H and O–H groups in total. The Kier molecular flexibility index (Phi) is 5.65. The first-order valence-corrected chi connectivity index (χ1v) is 7.09. The lowest BCUT2D eigenvalue weighted by molar-refractivity contribution is -0.122. The number of carbonyl (C=O) groups is 2. The molecule has 0 bridgehead atoms. The van der Waals surface area contributed by atoms with Crippen molar-refractivity contribution in [1.29, 1.82) is 0 Å². The first kappa shape index (κ1) is 15.7. The van der Waals surface area contributed by atoms with Crippen LogP contribution in [0.3, 0.4) is 0 Å². The highest BCUT2D eigenvalue weighted by Gasteiger charge is 2.21. The fourth-order valence-corrected chi connectivity index (χ4v) is 2.01. The minimum absolute atomic E-state index is 0.185. The van der Waals surface area contributed by atoms with Crippen molar-refractivity contribution in [3.8, 4) is 0 Å². The van der Waals surface area contributed by atoms with Crippen molar-refractivity contribution in [2.45, 2.75) is 12.5 Å². The van der Waals surface area contributed by atoms with Crippen LogP contribution in [0.1, 0.15) is 16.1 Å². The quantitative estimate of drug-likeness (QED) is 0.706. The molecule has 6 nitrogen and oxygen atoms in total. The van der Waals surface area contributed by atoms with Gasteiger partial charge in [0.15, 0.2) is 0 Å². The highest BCUT2D eigenvalue weighted by atomic mass is 16.2. The number of hydrogen-bond acceptors (Lipinski definition) is 4. The Morgan fingerprint density at radius 3 is 2.59 bits per heavy atom. The molecule has 1 aromatic heterocycles. The molecule has 112 valence electrons. The molecule has 1 atom stereocenters. The van der Waals surface area contributed by atoms with Crippen molar-refractivity contribution in [2.75, 3.05) is 6.44 Å². The number of rotatable bonds is 6. The molecule has 2 amide bonds. The minimum atomic E-state index is -0.656. The molecule has 1 heterocycles. The standard InChI is InChI=1S/C15H17BN4O2/c16-10-19-14(21)12(8-11-4-2-1-3-5-11)20-15(22)13-9-17-6-7-18-13/h1-7,9,12H,8,10,16H2,(H,19,21)(H,20,22)/t12-/m0/s1. The van der Waals surface area contributed by atoms with Crippen molar-refractivity contribution in [2.24, 2.45) is 0 Å². The summed E-state index contributed by atoms with van der Waals surface area (Å²) in [5.74, 6) is -0.635. The molecular weight excluding hydrogens is 279 g/mol. The number of nitrogens with zero attached hydrogens (tertiary/aromatic N) is 2. The molecule has 0 radical (unpaired) electrons. The average molecular weight is 296 g/mol. The third-order valence-electron chi connectivity index (χ3n) is 3.05. The predicted molar refractivity (Wildman–Crippen MR) is 85.0 cm³/mol. The van der Waals surface area contributed by atoms with E-state index in [0.717, 1.165) is 5.56 Å². The van der Waals surface area contributed by atoms with Crippen molar-refractivity contribution in [1.82, 2.24) is 20.6 Å². The van der Waals surface area contributed by atoms with Gasteiger partial charge in [-0.1, -0.05) is 30.3 Å². The lowest BCUT2D eigenvalue weighted by Gasteiger charge is -2.18. The van der Waals surface area contributed by atoms with E-state index >= 15 is 0 Å². The molecule has 1 aromatic carbocycles. The summed E-state index contributed by atoms with van der Waals surface area (Å²) in [5, 5.41) is 5.45. The summed E-state index contributed by atoms with van der Waals surface area (Å²) in [4.78, 5) is 32.1. The van der Waals surface area contributed by atoms with E-state index < -0.39 is 11.9 Å². The van der Waals surface area contributed by atoms with Crippen LogP contribution in [0, 0.1) is 0 Å². The molecule has 0 aliphatic heterocycles. The van der Waals surface area contributed by atoms with Gasteiger partial charge in [0, 0.05) is 18.8 Å². The zero-order valence-corrected chi connectivity index (χ0v) is 12.3. The first-order chi connectivity index (χ1) is 10.7. The van der Waals surface area contributed by atoms with Crippen LogP contribution in [-0.4, -0.2) is 42.1 Å². The highest BCUT2D eigenvalue weighted by Crippen LogP contribution is 2.04. The fraction of sp³-hybridized carbons (Fsp3) is 0.200. The zero-order chi connectivity index (χ0) is 15.8. The van der Waals surface area contributed by atoms with Crippen molar-refractivity contribution >= 4 is 19.7 Å². The van der Waals surface area contributed by atoms with Crippen LogP contribution in [-0.2, 0) is 11.2 Å². The smallest absolute Gasteiger partial charge is 0.272 e.